The number of aromatic nitrogens is 2. The maximum absolute atomic E-state index is 14.4. The van der Waals surface area contributed by atoms with Crippen LogP contribution in [0.5, 0.6) is 0 Å². The Kier molecular flexibility index (Phi) is 5.74. The third-order valence-electron chi connectivity index (χ3n) is 5.97. The molecule has 0 radical (unpaired) electrons. The van der Waals surface area contributed by atoms with Gasteiger partial charge in [-0.2, -0.15) is 0 Å². The van der Waals surface area contributed by atoms with Gasteiger partial charge in [0.1, 0.15) is 22.9 Å². The van der Waals surface area contributed by atoms with E-state index >= 15 is 0 Å². The minimum Gasteiger partial charge on any atom is -0.368 e. The largest absolute Gasteiger partial charge is 0.368 e. The first-order chi connectivity index (χ1) is 16.4. The summed E-state index contributed by atoms with van der Waals surface area (Å²) < 4.78 is 29.9. The smallest absolute Gasteiger partial charge is 0.336 e. The Morgan fingerprint density at radius 2 is 1.62 bits per heavy atom. The van der Waals surface area contributed by atoms with Crippen LogP contribution in [0, 0.1) is 11.6 Å². The molecule has 0 aliphatic carbocycles. The standard InChI is InChI=1S/C24H20F2N4O3S/c25-16-5-7-17(8-6-16)27-10-12-28(13-11-27)21(31)15-29-20-9-14-34-22(20)23(32)30(24(29)33)19-4-2-1-3-18(19)26/h1-9,14H,10-13,15H2. The van der Waals surface area contributed by atoms with Gasteiger partial charge in [0.05, 0.1) is 11.2 Å². The Labute approximate surface area is 196 Å². The average Bonchev–Trinajstić information content (AvgIpc) is 3.34. The van der Waals surface area contributed by atoms with Crippen LogP contribution in [-0.4, -0.2) is 46.1 Å². The van der Waals surface area contributed by atoms with E-state index in [1.807, 2.05) is 0 Å². The second-order valence-corrected chi connectivity index (χ2v) is 8.86. The van der Waals surface area contributed by atoms with Gasteiger partial charge in [-0.1, -0.05) is 12.1 Å². The number of anilines is 1. The molecule has 2 aromatic heterocycles. The van der Waals surface area contributed by atoms with E-state index in [2.05, 4.69) is 4.90 Å². The number of para-hydroxylation sites is 1. The molecule has 1 fully saturated rings. The van der Waals surface area contributed by atoms with Crippen molar-refractivity contribution in [2.75, 3.05) is 31.1 Å². The first kappa shape index (κ1) is 22.0. The molecule has 10 heteroatoms. The molecular weight excluding hydrogens is 462 g/mol. The first-order valence-electron chi connectivity index (χ1n) is 10.7. The van der Waals surface area contributed by atoms with Gasteiger partial charge < -0.3 is 9.80 Å². The highest BCUT2D eigenvalue weighted by Crippen LogP contribution is 2.19. The number of carbonyl (C=O) groups is 1. The summed E-state index contributed by atoms with van der Waals surface area (Å²) >= 11 is 1.14. The number of amides is 1. The molecule has 0 spiro atoms. The Hall–Kier alpha value is -3.79. The molecule has 0 atom stereocenters. The molecular formula is C24H20F2N4O3S. The summed E-state index contributed by atoms with van der Waals surface area (Å²) in [5.74, 6) is -1.28. The molecule has 0 N–H and O–H groups in total. The van der Waals surface area contributed by atoms with Crippen molar-refractivity contribution in [3.05, 3.63) is 92.4 Å². The summed E-state index contributed by atoms with van der Waals surface area (Å²) in [5.41, 5.74) is -0.300. The molecule has 1 aliphatic heterocycles. The van der Waals surface area contributed by atoms with Crippen LogP contribution in [0.2, 0.25) is 0 Å². The van der Waals surface area contributed by atoms with Crippen LogP contribution in [0.15, 0.2) is 69.6 Å². The molecule has 1 saturated heterocycles. The number of fused-ring (bicyclic) bond motifs is 1. The maximum atomic E-state index is 14.4. The average molecular weight is 483 g/mol. The quantitative estimate of drug-likeness (QED) is 0.449. The second kappa shape index (κ2) is 8.86. The minimum atomic E-state index is -0.765. The zero-order valence-electron chi connectivity index (χ0n) is 18.0. The van der Waals surface area contributed by atoms with E-state index in [9.17, 15) is 23.2 Å². The van der Waals surface area contributed by atoms with Gasteiger partial charge in [-0.3, -0.25) is 14.2 Å². The van der Waals surface area contributed by atoms with Crippen LogP contribution >= 0.6 is 11.3 Å². The monoisotopic (exact) mass is 482 g/mol. The van der Waals surface area contributed by atoms with Gasteiger partial charge in [-0.15, -0.1) is 11.3 Å². The molecule has 34 heavy (non-hydrogen) atoms. The molecule has 1 aliphatic rings. The van der Waals surface area contributed by atoms with Crippen LogP contribution in [0.3, 0.4) is 0 Å². The molecule has 3 heterocycles. The topological polar surface area (TPSA) is 67.5 Å². The molecule has 2 aromatic carbocycles. The third-order valence-corrected chi connectivity index (χ3v) is 6.86. The van der Waals surface area contributed by atoms with Gasteiger partial charge >= 0.3 is 5.69 Å². The lowest BCUT2D eigenvalue weighted by Gasteiger charge is -2.36. The predicted octanol–water partition coefficient (Wildman–Crippen LogP) is 2.84. The Bertz CT molecular complexity index is 1480. The van der Waals surface area contributed by atoms with Crippen molar-refractivity contribution < 1.29 is 13.6 Å². The Morgan fingerprint density at radius 3 is 2.32 bits per heavy atom. The van der Waals surface area contributed by atoms with Crippen LogP contribution in [-0.2, 0) is 11.3 Å². The van der Waals surface area contributed by atoms with Crippen molar-refractivity contribution >= 4 is 33.1 Å². The number of benzene rings is 2. The van der Waals surface area contributed by atoms with Crippen LogP contribution in [0.4, 0.5) is 14.5 Å². The maximum Gasteiger partial charge on any atom is 0.336 e. The molecule has 0 saturated carbocycles. The molecule has 0 unspecified atom stereocenters. The summed E-state index contributed by atoms with van der Waals surface area (Å²) in [5, 5.41) is 1.67. The van der Waals surface area contributed by atoms with Gasteiger partial charge in [-0.05, 0) is 47.8 Å². The Morgan fingerprint density at radius 1 is 0.912 bits per heavy atom. The van der Waals surface area contributed by atoms with E-state index in [4.69, 9.17) is 0 Å². The molecule has 0 bridgehead atoms. The molecule has 4 aromatic rings. The normalized spacial score (nSPS) is 14.1. The van der Waals surface area contributed by atoms with Gasteiger partial charge in [0, 0.05) is 31.9 Å². The van der Waals surface area contributed by atoms with Crippen LogP contribution in [0.25, 0.3) is 15.9 Å². The SMILES string of the molecule is O=C(Cn1c(=O)n(-c2ccccc2F)c(=O)c2sccc21)N1CCN(c2ccc(F)cc2)CC1. The van der Waals surface area contributed by atoms with Gasteiger partial charge in [0.25, 0.3) is 5.56 Å². The summed E-state index contributed by atoms with van der Waals surface area (Å²) in [4.78, 5) is 43.1. The van der Waals surface area contributed by atoms with Crippen molar-refractivity contribution in [1.29, 1.82) is 0 Å². The zero-order chi connectivity index (χ0) is 23.8. The lowest BCUT2D eigenvalue weighted by atomic mass is 10.2. The predicted molar refractivity (Wildman–Crippen MR) is 127 cm³/mol. The van der Waals surface area contributed by atoms with E-state index in [0.29, 0.717) is 31.7 Å². The number of rotatable bonds is 4. The number of hydrogen-bond acceptors (Lipinski definition) is 5. The molecule has 1 amide bonds. The van der Waals surface area contributed by atoms with Crippen molar-refractivity contribution in [3.8, 4) is 5.69 Å². The first-order valence-corrected chi connectivity index (χ1v) is 11.6. The van der Waals surface area contributed by atoms with Gasteiger partial charge in [-0.25, -0.2) is 18.1 Å². The van der Waals surface area contributed by atoms with E-state index in [1.54, 1.807) is 34.5 Å². The lowest BCUT2D eigenvalue weighted by Crippen LogP contribution is -2.50. The summed E-state index contributed by atoms with van der Waals surface area (Å²) in [6.07, 6.45) is 0. The van der Waals surface area contributed by atoms with Gasteiger partial charge in [0.15, 0.2) is 0 Å². The molecule has 7 nitrogen and oxygen atoms in total. The number of hydrogen-bond donors (Lipinski definition) is 0. The number of carbonyl (C=O) groups excluding carboxylic acids is 1. The van der Waals surface area contributed by atoms with E-state index in [1.165, 1.54) is 34.9 Å². The van der Waals surface area contributed by atoms with Crippen LogP contribution < -0.4 is 16.1 Å². The number of halogens is 2. The number of thiophene rings is 1. The van der Waals surface area contributed by atoms with E-state index in [-0.39, 0.29) is 28.7 Å². The highest BCUT2D eigenvalue weighted by atomic mass is 32.1. The summed E-state index contributed by atoms with van der Waals surface area (Å²) in [7, 11) is 0. The highest BCUT2D eigenvalue weighted by Gasteiger charge is 2.24. The zero-order valence-corrected chi connectivity index (χ0v) is 18.8. The third kappa shape index (κ3) is 3.90. The summed E-state index contributed by atoms with van der Waals surface area (Å²) in [6, 6.07) is 13.4. The fourth-order valence-corrected chi connectivity index (χ4v) is 5.01. The highest BCUT2D eigenvalue weighted by molar-refractivity contribution is 7.17. The van der Waals surface area contributed by atoms with Crippen molar-refractivity contribution in [2.24, 2.45) is 0 Å². The lowest BCUT2D eigenvalue weighted by molar-refractivity contribution is -0.132. The fourth-order valence-electron chi connectivity index (χ4n) is 4.19. The van der Waals surface area contributed by atoms with Crippen molar-refractivity contribution in [3.63, 3.8) is 0 Å². The van der Waals surface area contributed by atoms with E-state index < -0.39 is 17.1 Å². The molecule has 174 valence electrons. The van der Waals surface area contributed by atoms with Crippen molar-refractivity contribution in [2.45, 2.75) is 6.54 Å². The van der Waals surface area contributed by atoms with Crippen LogP contribution in [0.1, 0.15) is 0 Å². The summed E-state index contributed by atoms with van der Waals surface area (Å²) in [6.45, 7) is 1.73. The number of piperazine rings is 1. The number of nitrogens with zero attached hydrogens (tertiary/aromatic N) is 4. The van der Waals surface area contributed by atoms with Gasteiger partial charge in [0.2, 0.25) is 5.91 Å². The Balaban J connectivity index is 1.42. The molecule has 5 rings (SSSR count). The van der Waals surface area contributed by atoms with Crippen molar-refractivity contribution in [1.82, 2.24) is 14.0 Å². The minimum absolute atomic E-state index is 0.151. The second-order valence-electron chi connectivity index (χ2n) is 7.94. The fraction of sp³-hybridized carbons (Fsp3) is 0.208. The van der Waals surface area contributed by atoms with E-state index in [0.717, 1.165) is 21.6 Å².